The van der Waals surface area contributed by atoms with Crippen LogP contribution in [0, 0.1) is 0 Å². The molecule has 2 aromatic rings. The van der Waals surface area contributed by atoms with E-state index in [4.69, 9.17) is 14.2 Å². The summed E-state index contributed by atoms with van der Waals surface area (Å²) >= 11 is 0. The summed E-state index contributed by atoms with van der Waals surface area (Å²) in [6.45, 7) is 4.14. The van der Waals surface area contributed by atoms with Gasteiger partial charge in [-0.1, -0.05) is 18.2 Å². The highest BCUT2D eigenvalue weighted by Crippen LogP contribution is 2.28. The van der Waals surface area contributed by atoms with Gasteiger partial charge in [-0.3, -0.25) is 0 Å². The monoisotopic (exact) mass is 301 g/mol. The first kappa shape index (κ1) is 16.2. The van der Waals surface area contributed by atoms with Crippen LogP contribution in [-0.2, 0) is 13.1 Å². The van der Waals surface area contributed by atoms with Crippen LogP contribution in [0.5, 0.6) is 17.2 Å². The first-order valence-corrected chi connectivity index (χ1v) is 7.40. The van der Waals surface area contributed by atoms with Crippen LogP contribution in [0.4, 0.5) is 0 Å². The molecule has 0 saturated heterocycles. The molecule has 0 amide bonds. The second-order valence-corrected chi connectivity index (χ2v) is 4.87. The molecule has 2 rings (SSSR count). The fourth-order valence-electron chi connectivity index (χ4n) is 2.23. The summed E-state index contributed by atoms with van der Waals surface area (Å²) < 4.78 is 16.1. The Kier molecular flexibility index (Phi) is 6.10. The van der Waals surface area contributed by atoms with Gasteiger partial charge in [0.05, 0.1) is 20.8 Å². The average Bonchev–Trinajstić information content (AvgIpc) is 2.56. The van der Waals surface area contributed by atoms with Crippen molar-refractivity contribution in [1.82, 2.24) is 5.32 Å². The van der Waals surface area contributed by atoms with E-state index in [1.165, 1.54) is 5.56 Å². The van der Waals surface area contributed by atoms with E-state index in [2.05, 4.69) is 11.4 Å². The SMILES string of the molecule is CCOc1cc(CNCc2cccc(OC)c2)ccc1OC. The molecule has 4 heteroatoms. The lowest BCUT2D eigenvalue weighted by Gasteiger charge is -2.12. The van der Waals surface area contributed by atoms with Crippen molar-refractivity contribution in [3.8, 4) is 17.2 Å². The molecule has 0 spiro atoms. The van der Waals surface area contributed by atoms with Crippen molar-refractivity contribution in [2.45, 2.75) is 20.0 Å². The average molecular weight is 301 g/mol. The number of rotatable bonds is 8. The van der Waals surface area contributed by atoms with E-state index < -0.39 is 0 Å². The van der Waals surface area contributed by atoms with Gasteiger partial charge >= 0.3 is 0 Å². The Morgan fingerprint density at radius 1 is 0.864 bits per heavy atom. The summed E-state index contributed by atoms with van der Waals surface area (Å²) in [7, 11) is 3.33. The molecule has 0 heterocycles. The zero-order chi connectivity index (χ0) is 15.8. The molecule has 0 unspecified atom stereocenters. The predicted octanol–water partition coefficient (Wildman–Crippen LogP) is 3.39. The third kappa shape index (κ3) is 4.40. The van der Waals surface area contributed by atoms with Gasteiger partial charge in [0.1, 0.15) is 5.75 Å². The van der Waals surface area contributed by atoms with E-state index in [1.54, 1.807) is 14.2 Å². The lowest BCUT2D eigenvalue weighted by molar-refractivity contribution is 0.310. The number of methoxy groups -OCH3 is 2. The topological polar surface area (TPSA) is 39.7 Å². The third-order valence-corrected chi connectivity index (χ3v) is 3.32. The van der Waals surface area contributed by atoms with Crippen molar-refractivity contribution in [3.63, 3.8) is 0 Å². The molecule has 1 N–H and O–H groups in total. The second-order valence-electron chi connectivity index (χ2n) is 4.87. The quantitative estimate of drug-likeness (QED) is 0.811. The van der Waals surface area contributed by atoms with Crippen LogP contribution >= 0.6 is 0 Å². The third-order valence-electron chi connectivity index (χ3n) is 3.32. The molecular weight excluding hydrogens is 278 g/mol. The van der Waals surface area contributed by atoms with Crippen molar-refractivity contribution in [2.24, 2.45) is 0 Å². The Morgan fingerprint density at radius 3 is 2.32 bits per heavy atom. The molecule has 0 bridgehead atoms. The second kappa shape index (κ2) is 8.29. The van der Waals surface area contributed by atoms with Crippen molar-refractivity contribution < 1.29 is 14.2 Å². The Bertz CT molecular complexity index is 599. The molecule has 2 aromatic carbocycles. The summed E-state index contributed by atoms with van der Waals surface area (Å²) in [4.78, 5) is 0. The van der Waals surface area contributed by atoms with Gasteiger partial charge in [-0.2, -0.15) is 0 Å². The maximum atomic E-state index is 5.59. The van der Waals surface area contributed by atoms with E-state index in [0.717, 1.165) is 35.9 Å². The summed E-state index contributed by atoms with van der Waals surface area (Å²) in [5.74, 6) is 2.42. The van der Waals surface area contributed by atoms with Crippen LogP contribution < -0.4 is 19.5 Å². The largest absolute Gasteiger partial charge is 0.497 e. The molecule has 0 aromatic heterocycles. The maximum absolute atomic E-state index is 5.59. The number of nitrogens with one attached hydrogen (secondary N) is 1. The molecule has 0 saturated carbocycles. The Hall–Kier alpha value is -2.20. The highest BCUT2D eigenvalue weighted by molar-refractivity contribution is 5.43. The number of ether oxygens (including phenoxy) is 3. The molecule has 0 aliphatic rings. The van der Waals surface area contributed by atoms with Gasteiger partial charge in [-0.25, -0.2) is 0 Å². The predicted molar refractivity (Wildman–Crippen MR) is 87.7 cm³/mol. The van der Waals surface area contributed by atoms with Gasteiger partial charge in [0.15, 0.2) is 11.5 Å². The molecule has 0 aliphatic carbocycles. The molecule has 0 fully saturated rings. The smallest absolute Gasteiger partial charge is 0.161 e. The van der Waals surface area contributed by atoms with Crippen LogP contribution in [0.15, 0.2) is 42.5 Å². The summed E-state index contributed by atoms with van der Waals surface area (Å²) in [6.07, 6.45) is 0. The first-order chi connectivity index (χ1) is 10.8. The standard InChI is InChI=1S/C18H23NO3/c1-4-22-18-11-15(8-9-17(18)21-3)13-19-12-14-6-5-7-16(10-14)20-2/h5-11,19H,4,12-13H2,1-3H3. The maximum Gasteiger partial charge on any atom is 0.161 e. The van der Waals surface area contributed by atoms with Crippen LogP contribution in [0.1, 0.15) is 18.1 Å². The highest BCUT2D eigenvalue weighted by Gasteiger charge is 2.05. The molecular formula is C18H23NO3. The van der Waals surface area contributed by atoms with Crippen LogP contribution in [0.2, 0.25) is 0 Å². The fraction of sp³-hybridized carbons (Fsp3) is 0.333. The Labute approximate surface area is 132 Å². The van der Waals surface area contributed by atoms with E-state index in [0.29, 0.717) is 6.61 Å². The van der Waals surface area contributed by atoms with Gasteiger partial charge in [0.25, 0.3) is 0 Å². The van der Waals surface area contributed by atoms with Gasteiger partial charge in [-0.05, 0) is 42.3 Å². The van der Waals surface area contributed by atoms with Crippen LogP contribution in [0.3, 0.4) is 0 Å². The minimum absolute atomic E-state index is 0.622. The summed E-state index contributed by atoms with van der Waals surface area (Å²) in [6, 6.07) is 14.0. The Balaban J connectivity index is 1.94. The first-order valence-electron chi connectivity index (χ1n) is 7.40. The Morgan fingerprint density at radius 2 is 1.64 bits per heavy atom. The minimum atomic E-state index is 0.622. The van der Waals surface area contributed by atoms with Gasteiger partial charge < -0.3 is 19.5 Å². The molecule has 0 atom stereocenters. The van der Waals surface area contributed by atoms with Crippen molar-refractivity contribution in [2.75, 3.05) is 20.8 Å². The normalized spacial score (nSPS) is 10.3. The van der Waals surface area contributed by atoms with Gasteiger partial charge in [0, 0.05) is 13.1 Å². The molecule has 22 heavy (non-hydrogen) atoms. The highest BCUT2D eigenvalue weighted by atomic mass is 16.5. The van der Waals surface area contributed by atoms with Crippen molar-refractivity contribution in [1.29, 1.82) is 0 Å². The molecule has 0 radical (unpaired) electrons. The minimum Gasteiger partial charge on any atom is -0.497 e. The lowest BCUT2D eigenvalue weighted by Crippen LogP contribution is -2.12. The lowest BCUT2D eigenvalue weighted by atomic mass is 10.2. The van der Waals surface area contributed by atoms with Gasteiger partial charge in [0.2, 0.25) is 0 Å². The fourth-order valence-corrected chi connectivity index (χ4v) is 2.23. The van der Waals surface area contributed by atoms with Crippen LogP contribution in [0.25, 0.3) is 0 Å². The number of hydrogen-bond acceptors (Lipinski definition) is 4. The molecule has 4 nitrogen and oxygen atoms in total. The summed E-state index contributed by atoms with van der Waals surface area (Å²) in [5.41, 5.74) is 2.35. The van der Waals surface area contributed by atoms with E-state index in [-0.39, 0.29) is 0 Å². The van der Waals surface area contributed by atoms with Crippen LogP contribution in [-0.4, -0.2) is 20.8 Å². The zero-order valence-corrected chi connectivity index (χ0v) is 13.4. The van der Waals surface area contributed by atoms with Crippen molar-refractivity contribution >= 4 is 0 Å². The number of hydrogen-bond donors (Lipinski definition) is 1. The molecule has 118 valence electrons. The van der Waals surface area contributed by atoms with E-state index in [9.17, 15) is 0 Å². The summed E-state index contributed by atoms with van der Waals surface area (Å²) in [5, 5.41) is 3.42. The van der Waals surface area contributed by atoms with Gasteiger partial charge in [-0.15, -0.1) is 0 Å². The van der Waals surface area contributed by atoms with Crippen molar-refractivity contribution in [3.05, 3.63) is 53.6 Å². The zero-order valence-electron chi connectivity index (χ0n) is 13.4. The van der Waals surface area contributed by atoms with E-state index >= 15 is 0 Å². The van der Waals surface area contributed by atoms with E-state index in [1.807, 2.05) is 43.3 Å². The number of benzene rings is 2. The molecule has 0 aliphatic heterocycles.